The van der Waals surface area contributed by atoms with Crippen LogP contribution in [-0.2, 0) is 20.9 Å². The number of carboxylic acid groups (broad SMARTS) is 1. The van der Waals surface area contributed by atoms with Gasteiger partial charge >= 0.3 is 5.97 Å². The molecule has 0 saturated carbocycles. The number of H-pyrrole nitrogens is 1. The molecule has 0 radical (unpaired) electrons. The molecule has 0 fully saturated rings. The molecule has 6 heteroatoms. The first-order valence-corrected chi connectivity index (χ1v) is 10.00. The van der Waals surface area contributed by atoms with Crippen molar-refractivity contribution in [1.29, 1.82) is 0 Å². The van der Waals surface area contributed by atoms with E-state index in [0.717, 1.165) is 16.5 Å². The van der Waals surface area contributed by atoms with Crippen LogP contribution in [0.2, 0.25) is 0 Å². The van der Waals surface area contributed by atoms with Crippen LogP contribution in [0.25, 0.3) is 10.9 Å². The van der Waals surface area contributed by atoms with Crippen LogP contribution in [0, 0.1) is 0 Å². The molecular weight excluding hydrogens is 337 g/mol. The van der Waals surface area contributed by atoms with Gasteiger partial charge in [-0.1, -0.05) is 48.5 Å². The zero-order valence-corrected chi connectivity index (χ0v) is 14.7. The second-order valence-electron chi connectivity index (χ2n) is 6.56. The minimum absolute atomic E-state index is 0.0447. The number of aromatic amines is 1. The molecule has 0 spiro atoms. The Morgan fingerprint density at radius 1 is 1.12 bits per heavy atom. The number of rotatable bonds is 6. The van der Waals surface area contributed by atoms with Crippen LogP contribution < -0.4 is 0 Å². The maximum Gasteiger partial charge on any atom is 0.315 e. The van der Waals surface area contributed by atoms with E-state index in [1.54, 1.807) is 30.3 Å². The molecule has 2 unspecified atom stereocenters. The average Bonchev–Trinajstić information content (AvgIpc) is 2.99. The summed E-state index contributed by atoms with van der Waals surface area (Å²) in [5, 5.41) is 10.7. The van der Waals surface area contributed by atoms with Crippen molar-refractivity contribution in [3.63, 3.8) is 0 Å². The highest BCUT2D eigenvalue weighted by Gasteiger charge is 2.42. The topological polar surface area (TPSA) is 90.4 Å². The van der Waals surface area contributed by atoms with Crippen LogP contribution in [0.1, 0.15) is 18.2 Å². The fourth-order valence-electron chi connectivity index (χ4n) is 3.06. The van der Waals surface area contributed by atoms with Gasteiger partial charge in [-0.05, 0) is 30.0 Å². The van der Waals surface area contributed by atoms with Crippen molar-refractivity contribution in [3.05, 3.63) is 71.9 Å². The molecule has 130 valence electrons. The molecule has 25 heavy (non-hydrogen) atoms. The second kappa shape index (κ2) is 6.51. The lowest BCUT2D eigenvalue weighted by molar-refractivity contribution is -0.142. The van der Waals surface area contributed by atoms with Crippen molar-refractivity contribution < 1.29 is 19.4 Å². The molecular formula is C19H20NO4P. The Bertz CT molecular complexity index is 917. The summed E-state index contributed by atoms with van der Waals surface area (Å²) in [5.41, 5.74) is 0.486. The third-order valence-corrected chi connectivity index (χ3v) is 6.42. The lowest BCUT2D eigenvalue weighted by atomic mass is 9.89. The molecule has 0 saturated heterocycles. The number of para-hydroxylation sites is 1. The molecule has 3 N–H and O–H groups in total. The minimum atomic E-state index is -3.70. The molecule has 1 heterocycles. The average molecular weight is 357 g/mol. The number of carboxylic acids is 1. The predicted octanol–water partition coefficient (Wildman–Crippen LogP) is 3.98. The normalized spacial score (nSPS) is 16.2. The van der Waals surface area contributed by atoms with E-state index in [4.69, 9.17) is 0 Å². The van der Waals surface area contributed by atoms with Crippen molar-refractivity contribution in [3.8, 4) is 0 Å². The van der Waals surface area contributed by atoms with Crippen molar-refractivity contribution in [2.45, 2.75) is 18.5 Å². The fraction of sp³-hybridized carbons (Fsp3) is 0.211. The first kappa shape index (κ1) is 17.5. The first-order chi connectivity index (χ1) is 11.8. The number of carbonyl (C=O) groups is 1. The highest BCUT2D eigenvalue weighted by molar-refractivity contribution is 7.57. The smallest absolute Gasteiger partial charge is 0.315 e. The third kappa shape index (κ3) is 3.68. The highest BCUT2D eigenvalue weighted by Crippen LogP contribution is 2.50. The van der Waals surface area contributed by atoms with E-state index < -0.39 is 18.8 Å². The molecule has 1 aromatic heterocycles. The lowest BCUT2D eigenvalue weighted by Crippen LogP contribution is -2.36. The van der Waals surface area contributed by atoms with Gasteiger partial charge in [-0.15, -0.1) is 0 Å². The minimum Gasteiger partial charge on any atom is -0.481 e. The molecule has 0 aliphatic carbocycles. The number of benzene rings is 2. The number of fused-ring (bicyclic) bond motifs is 1. The van der Waals surface area contributed by atoms with Crippen molar-refractivity contribution in [2.75, 3.05) is 6.16 Å². The van der Waals surface area contributed by atoms with Gasteiger partial charge in [0.2, 0.25) is 7.37 Å². The number of aliphatic carboxylic acids is 1. The Labute approximate surface area is 145 Å². The van der Waals surface area contributed by atoms with Crippen LogP contribution in [-0.4, -0.2) is 27.1 Å². The van der Waals surface area contributed by atoms with Crippen LogP contribution in [0.15, 0.2) is 60.7 Å². The van der Waals surface area contributed by atoms with Crippen LogP contribution in [0.5, 0.6) is 0 Å². The van der Waals surface area contributed by atoms with E-state index in [2.05, 4.69) is 4.98 Å². The summed E-state index contributed by atoms with van der Waals surface area (Å²) in [5.74, 6) is -1.12. The highest BCUT2D eigenvalue weighted by atomic mass is 31.2. The summed E-state index contributed by atoms with van der Waals surface area (Å²) in [6, 6.07) is 18.1. The monoisotopic (exact) mass is 357 g/mol. The van der Waals surface area contributed by atoms with Gasteiger partial charge in [-0.25, -0.2) is 0 Å². The van der Waals surface area contributed by atoms with E-state index in [1.165, 1.54) is 6.92 Å². The van der Waals surface area contributed by atoms with E-state index in [9.17, 15) is 19.4 Å². The van der Waals surface area contributed by atoms with Gasteiger partial charge in [-0.3, -0.25) is 9.36 Å². The summed E-state index contributed by atoms with van der Waals surface area (Å²) in [7, 11) is -3.70. The van der Waals surface area contributed by atoms with E-state index in [-0.39, 0.29) is 12.3 Å². The molecule has 2 atom stereocenters. The molecule has 3 aromatic rings. The Morgan fingerprint density at radius 3 is 2.40 bits per heavy atom. The summed E-state index contributed by atoms with van der Waals surface area (Å²) < 4.78 is 12.8. The molecule has 0 aliphatic rings. The Hall–Kier alpha value is -2.36. The van der Waals surface area contributed by atoms with Gasteiger partial charge < -0.3 is 15.0 Å². The van der Waals surface area contributed by atoms with E-state index in [0.29, 0.717) is 5.69 Å². The number of hydrogen-bond acceptors (Lipinski definition) is 2. The molecule has 0 amide bonds. The Kier molecular flexibility index (Phi) is 4.55. The summed E-state index contributed by atoms with van der Waals surface area (Å²) in [6.45, 7) is 1.49. The quantitative estimate of drug-likeness (QED) is 0.582. The molecule has 2 aromatic carbocycles. The van der Waals surface area contributed by atoms with Gasteiger partial charge in [0.25, 0.3) is 0 Å². The maximum absolute atomic E-state index is 12.8. The molecule has 3 rings (SSSR count). The number of hydrogen-bond donors (Lipinski definition) is 3. The van der Waals surface area contributed by atoms with Crippen molar-refractivity contribution in [1.82, 2.24) is 4.98 Å². The van der Waals surface area contributed by atoms with Crippen LogP contribution in [0.4, 0.5) is 0 Å². The molecule has 0 bridgehead atoms. The van der Waals surface area contributed by atoms with Crippen LogP contribution in [0.3, 0.4) is 0 Å². The Balaban J connectivity index is 1.94. The van der Waals surface area contributed by atoms with Gasteiger partial charge in [0.1, 0.15) is 5.41 Å². The zero-order valence-electron chi connectivity index (χ0n) is 13.8. The second-order valence-corrected chi connectivity index (χ2v) is 8.88. The zero-order chi connectivity index (χ0) is 18.1. The van der Waals surface area contributed by atoms with Crippen LogP contribution >= 0.6 is 7.37 Å². The summed E-state index contributed by atoms with van der Waals surface area (Å²) in [4.78, 5) is 25.5. The largest absolute Gasteiger partial charge is 0.481 e. The van der Waals surface area contributed by atoms with E-state index >= 15 is 0 Å². The van der Waals surface area contributed by atoms with Crippen molar-refractivity contribution >= 4 is 24.2 Å². The standard InChI is InChI=1S/C19H20NO4P/c1-19(18(21)22,17-11-15-9-5-6-10-16(15)20-17)13-25(23,24)12-14-7-3-2-4-8-14/h2-11,20H,12-13H2,1H3,(H,21,22)(H,23,24). The summed E-state index contributed by atoms with van der Waals surface area (Å²) in [6.07, 6.45) is -0.381. The molecule has 5 nitrogen and oxygen atoms in total. The van der Waals surface area contributed by atoms with E-state index in [1.807, 2.05) is 30.3 Å². The fourth-order valence-corrected chi connectivity index (χ4v) is 5.24. The molecule has 0 aliphatic heterocycles. The van der Waals surface area contributed by atoms with Gasteiger partial charge in [0.15, 0.2) is 0 Å². The number of nitrogens with one attached hydrogen (secondary N) is 1. The van der Waals surface area contributed by atoms with Gasteiger partial charge in [0, 0.05) is 23.5 Å². The maximum atomic E-state index is 12.8. The van der Waals surface area contributed by atoms with Gasteiger partial charge in [0.05, 0.1) is 0 Å². The number of aromatic nitrogens is 1. The van der Waals surface area contributed by atoms with Gasteiger partial charge in [-0.2, -0.15) is 0 Å². The predicted molar refractivity (Wildman–Crippen MR) is 98.1 cm³/mol. The Morgan fingerprint density at radius 2 is 1.76 bits per heavy atom. The third-order valence-electron chi connectivity index (χ3n) is 4.43. The first-order valence-electron chi connectivity index (χ1n) is 7.97. The lowest BCUT2D eigenvalue weighted by Gasteiger charge is -2.26. The SMILES string of the molecule is CC(CP(=O)(O)Cc1ccccc1)(C(=O)O)c1cc2ccccc2[nH]1. The van der Waals surface area contributed by atoms with Crippen molar-refractivity contribution in [2.24, 2.45) is 0 Å². The summed E-state index contributed by atoms with van der Waals surface area (Å²) >= 11 is 0.